The minimum atomic E-state index is -1.21. The highest BCUT2D eigenvalue weighted by Crippen LogP contribution is 2.57. The largest absolute Gasteiger partial charge is 0.461 e. The zero-order valence-corrected chi connectivity index (χ0v) is 14.2. The van der Waals surface area contributed by atoms with Crippen LogP contribution in [0.25, 0.3) is 0 Å². The molecule has 2 unspecified atom stereocenters. The van der Waals surface area contributed by atoms with Gasteiger partial charge in [0.15, 0.2) is 11.2 Å². The third kappa shape index (κ3) is 1.89. The smallest absolute Gasteiger partial charge is 0.234 e. The van der Waals surface area contributed by atoms with Gasteiger partial charge >= 0.3 is 0 Å². The molecule has 0 aliphatic carbocycles. The normalized spacial score (nSPS) is 34.9. The Labute approximate surface area is 145 Å². The average Bonchev–Trinajstić information content (AvgIpc) is 2.99. The van der Waals surface area contributed by atoms with Gasteiger partial charge in [-0.2, -0.15) is 0 Å². The minimum absolute atomic E-state index is 0.418. The minimum Gasteiger partial charge on any atom is -0.461 e. The number of fused-ring (bicyclic) bond motifs is 5. The highest BCUT2D eigenvalue weighted by molar-refractivity contribution is 5.48. The molecule has 130 valence electrons. The molecular formula is C20H20O5. The lowest BCUT2D eigenvalue weighted by Gasteiger charge is -2.43. The van der Waals surface area contributed by atoms with Crippen LogP contribution in [0.15, 0.2) is 36.4 Å². The second-order valence-electron chi connectivity index (χ2n) is 7.35. The average molecular weight is 340 g/mol. The van der Waals surface area contributed by atoms with Gasteiger partial charge in [0.25, 0.3) is 0 Å². The maximum Gasteiger partial charge on any atom is 0.234 e. The van der Waals surface area contributed by atoms with Crippen LogP contribution in [0.3, 0.4) is 0 Å². The molecule has 3 aliphatic heterocycles. The molecule has 0 radical (unpaired) electrons. The van der Waals surface area contributed by atoms with Gasteiger partial charge in [-0.1, -0.05) is 24.3 Å². The van der Waals surface area contributed by atoms with Gasteiger partial charge in [-0.15, -0.1) is 0 Å². The van der Waals surface area contributed by atoms with Crippen molar-refractivity contribution in [3.8, 4) is 11.5 Å². The molecule has 0 bridgehead atoms. The molecule has 1 spiro atoms. The van der Waals surface area contributed by atoms with E-state index in [0.29, 0.717) is 24.3 Å². The van der Waals surface area contributed by atoms with Gasteiger partial charge in [-0.25, -0.2) is 0 Å². The van der Waals surface area contributed by atoms with Gasteiger partial charge in [0.2, 0.25) is 12.6 Å². The Morgan fingerprint density at radius 3 is 2.28 bits per heavy atom. The van der Waals surface area contributed by atoms with Crippen LogP contribution in [0, 0.1) is 13.8 Å². The van der Waals surface area contributed by atoms with E-state index < -0.39 is 23.8 Å². The number of hydrogen-bond donors (Lipinski definition) is 2. The van der Waals surface area contributed by atoms with Gasteiger partial charge in [-0.3, -0.25) is 0 Å². The maximum atomic E-state index is 11.2. The molecule has 0 amide bonds. The van der Waals surface area contributed by atoms with Crippen LogP contribution >= 0.6 is 0 Å². The third-order valence-electron chi connectivity index (χ3n) is 5.65. The molecule has 5 nitrogen and oxygen atoms in total. The summed E-state index contributed by atoms with van der Waals surface area (Å²) in [7, 11) is 0. The SMILES string of the molecule is Cc1ccc2c(c1)OC(O)C21CC[C@@]2(O)c3ccc(C)cc3O[C@H]2O1. The maximum absolute atomic E-state index is 11.2. The zero-order valence-electron chi connectivity index (χ0n) is 14.2. The molecule has 2 aromatic rings. The topological polar surface area (TPSA) is 68.2 Å². The fraction of sp³-hybridized carbons (Fsp3) is 0.400. The number of rotatable bonds is 0. The highest BCUT2D eigenvalue weighted by atomic mass is 16.7. The number of ether oxygens (including phenoxy) is 3. The molecule has 1 fully saturated rings. The van der Waals surface area contributed by atoms with E-state index in [1.54, 1.807) is 0 Å². The van der Waals surface area contributed by atoms with Crippen LogP contribution in [0.4, 0.5) is 0 Å². The highest BCUT2D eigenvalue weighted by Gasteiger charge is 2.62. The Hall–Kier alpha value is -2.08. The van der Waals surface area contributed by atoms with Crippen LogP contribution in [0.2, 0.25) is 0 Å². The fourth-order valence-corrected chi connectivity index (χ4v) is 4.23. The zero-order chi connectivity index (χ0) is 17.4. The summed E-state index contributed by atoms with van der Waals surface area (Å²) in [4.78, 5) is 0. The summed E-state index contributed by atoms with van der Waals surface area (Å²) in [5.41, 5.74) is 1.44. The molecule has 1 saturated heterocycles. The Morgan fingerprint density at radius 1 is 0.920 bits per heavy atom. The van der Waals surface area contributed by atoms with Crippen molar-refractivity contribution in [1.82, 2.24) is 0 Å². The second-order valence-corrected chi connectivity index (χ2v) is 7.35. The summed E-state index contributed by atoms with van der Waals surface area (Å²) in [5.74, 6) is 1.27. The Bertz CT molecular complexity index is 878. The van der Waals surface area contributed by atoms with Crippen LogP contribution < -0.4 is 9.47 Å². The van der Waals surface area contributed by atoms with E-state index in [0.717, 1.165) is 22.3 Å². The van der Waals surface area contributed by atoms with Gasteiger partial charge in [0, 0.05) is 11.1 Å². The molecule has 3 aliphatic rings. The van der Waals surface area contributed by atoms with Crippen molar-refractivity contribution in [2.24, 2.45) is 0 Å². The molecule has 2 aromatic carbocycles. The Kier molecular flexibility index (Phi) is 2.89. The monoisotopic (exact) mass is 340 g/mol. The van der Waals surface area contributed by atoms with E-state index in [2.05, 4.69) is 0 Å². The number of aliphatic hydroxyl groups excluding tert-OH is 1. The van der Waals surface area contributed by atoms with E-state index in [1.165, 1.54) is 0 Å². The summed E-state index contributed by atoms with van der Waals surface area (Å²) < 4.78 is 17.8. The van der Waals surface area contributed by atoms with E-state index in [-0.39, 0.29) is 0 Å². The van der Waals surface area contributed by atoms with Crippen molar-refractivity contribution < 1.29 is 24.4 Å². The van der Waals surface area contributed by atoms with Crippen molar-refractivity contribution in [3.63, 3.8) is 0 Å². The molecular weight excluding hydrogens is 320 g/mol. The number of aryl methyl sites for hydroxylation is 2. The van der Waals surface area contributed by atoms with Crippen molar-refractivity contribution in [2.45, 2.75) is 50.5 Å². The Balaban J connectivity index is 1.56. The molecule has 0 aromatic heterocycles. The van der Waals surface area contributed by atoms with Crippen molar-refractivity contribution in [1.29, 1.82) is 0 Å². The van der Waals surface area contributed by atoms with E-state index in [9.17, 15) is 10.2 Å². The van der Waals surface area contributed by atoms with Crippen LogP contribution in [-0.2, 0) is 15.9 Å². The first kappa shape index (κ1) is 15.2. The fourth-order valence-electron chi connectivity index (χ4n) is 4.23. The standard InChI is InChI=1S/C20H20O5/c1-11-3-5-13-15(9-11)24-18-19(13,22)7-8-20(25-18)14-6-4-12(2)10-16(14)23-17(20)21/h3-6,9-10,17-18,21-22H,7-8H2,1-2H3/t17?,18-,19+,20?/m0/s1. The van der Waals surface area contributed by atoms with Crippen molar-refractivity contribution >= 4 is 0 Å². The molecule has 5 heteroatoms. The number of hydrogen-bond acceptors (Lipinski definition) is 5. The Morgan fingerprint density at radius 2 is 1.56 bits per heavy atom. The summed E-state index contributed by atoms with van der Waals surface area (Å²) in [6.45, 7) is 3.95. The van der Waals surface area contributed by atoms with E-state index in [1.807, 2.05) is 50.2 Å². The first-order valence-corrected chi connectivity index (χ1v) is 8.56. The van der Waals surface area contributed by atoms with E-state index in [4.69, 9.17) is 14.2 Å². The molecule has 3 heterocycles. The quantitative estimate of drug-likeness (QED) is 0.772. The lowest BCUT2D eigenvalue weighted by atomic mass is 9.78. The van der Waals surface area contributed by atoms with Crippen LogP contribution in [0.5, 0.6) is 11.5 Å². The predicted octanol–water partition coefficient (Wildman–Crippen LogP) is 2.63. The molecule has 4 atom stereocenters. The van der Waals surface area contributed by atoms with E-state index >= 15 is 0 Å². The van der Waals surface area contributed by atoms with Gasteiger partial charge in [0.05, 0.1) is 0 Å². The van der Waals surface area contributed by atoms with Gasteiger partial charge in [0.1, 0.15) is 11.5 Å². The van der Waals surface area contributed by atoms with Gasteiger partial charge < -0.3 is 24.4 Å². The summed E-state index contributed by atoms with van der Waals surface area (Å²) in [6.07, 6.45) is -1.14. The molecule has 0 saturated carbocycles. The van der Waals surface area contributed by atoms with Crippen molar-refractivity contribution in [3.05, 3.63) is 58.7 Å². The lowest BCUT2D eigenvalue weighted by Crippen LogP contribution is -2.55. The predicted molar refractivity (Wildman–Crippen MR) is 89.3 cm³/mol. The number of benzene rings is 2. The third-order valence-corrected chi connectivity index (χ3v) is 5.65. The first-order chi connectivity index (χ1) is 11.9. The second kappa shape index (κ2) is 4.75. The molecule has 25 heavy (non-hydrogen) atoms. The van der Waals surface area contributed by atoms with Crippen molar-refractivity contribution in [2.75, 3.05) is 0 Å². The summed E-state index contributed by atoms with van der Waals surface area (Å²) in [5, 5.41) is 21.8. The summed E-state index contributed by atoms with van der Waals surface area (Å²) >= 11 is 0. The number of aliphatic hydroxyl groups is 2. The van der Waals surface area contributed by atoms with Crippen LogP contribution in [-0.4, -0.2) is 22.8 Å². The van der Waals surface area contributed by atoms with Gasteiger partial charge in [-0.05, 0) is 49.9 Å². The lowest BCUT2D eigenvalue weighted by molar-refractivity contribution is -0.315. The first-order valence-electron chi connectivity index (χ1n) is 8.56. The summed E-state index contributed by atoms with van der Waals surface area (Å²) in [6, 6.07) is 11.5. The van der Waals surface area contributed by atoms with Crippen LogP contribution in [0.1, 0.15) is 35.1 Å². The molecule has 5 rings (SSSR count). The molecule has 2 N–H and O–H groups in total.